The van der Waals surface area contributed by atoms with Gasteiger partial charge in [-0.3, -0.25) is 0 Å². The van der Waals surface area contributed by atoms with Crippen LogP contribution in [0.25, 0.3) is 0 Å². The van der Waals surface area contributed by atoms with Gasteiger partial charge >= 0.3 is 5.97 Å². The lowest BCUT2D eigenvalue weighted by Crippen LogP contribution is -2.13. The highest BCUT2D eigenvalue weighted by Gasteiger charge is 2.07. The molecule has 0 fully saturated rings. The summed E-state index contributed by atoms with van der Waals surface area (Å²) in [5.74, 6) is -0.427. The number of carbonyl (C=O) groups is 1. The topological polar surface area (TPSA) is 46.5 Å². The van der Waals surface area contributed by atoms with Crippen LogP contribution in [0.2, 0.25) is 0 Å². The van der Waals surface area contributed by atoms with Gasteiger partial charge in [0.1, 0.15) is 0 Å². The predicted octanol–water partition coefficient (Wildman–Crippen LogP) is 2.22. The second kappa shape index (κ2) is 7.83. The first-order chi connectivity index (χ1) is 6.61. The van der Waals surface area contributed by atoms with Crippen LogP contribution >= 0.6 is 11.6 Å². The second-order valence-corrected chi connectivity index (χ2v) is 3.38. The standard InChI is InChI=1S/C10H17ClO3/c1-3-4-9(12)5-6-14-10(13)8(2)7-11/h7,9,12H,3-6H2,1-2H3. The van der Waals surface area contributed by atoms with Crippen LogP contribution < -0.4 is 0 Å². The molecule has 0 heterocycles. The Hall–Kier alpha value is -0.540. The Labute approximate surface area is 89.7 Å². The molecule has 1 unspecified atom stereocenters. The first-order valence-electron chi connectivity index (χ1n) is 4.74. The van der Waals surface area contributed by atoms with Crippen LogP contribution in [0.3, 0.4) is 0 Å². The van der Waals surface area contributed by atoms with E-state index in [0.29, 0.717) is 12.0 Å². The van der Waals surface area contributed by atoms with E-state index in [2.05, 4.69) is 0 Å². The van der Waals surface area contributed by atoms with E-state index in [9.17, 15) is 9.90 Å². The summed E-state index contributed by atoms with van der Waals surface area (Å²) < 4.78 is 4.86. The summed E-state index contributed by atoms with van der Waals surface area (Å²) in [5, 5.41) is 9.33. The summed E-state index contributed by atoms with van der Waals surface area (Å²) in [7, 11) is 0. The van der Waals surface area contributed by atoms with Crippen molar-refractivity contribution >= 4 is 17.6 Å². The van der Waals surface area contributed by atoms with Gasteiger partial charge in [0, 0.05) is 17.5 Å². The molecule has 0 aromatic heterocycles. The summed E-state index contributed by atoms with van der Waals surface area (Å²) in [5.41, 5.74) is 1.56. The Kier molecular flexibility index (Phi) is 7.52. The van der Waals surface area contributed by atoms with Crippen molar-refractivity contribution < 1.29 is 14.6 Å². The minimum atomic E-state index is -0.427. The number of aliphatic hydroxyl groups excluding tert-OH is 1. The number of rotatable bonds is 6. The van der Waals surface area contributed by atoms with E-state index in [1.807, 2.05) is 6.92 Å². The molecule has 4 heteroatoms. The van der Waals surface area contributed by atoms with Crippen molar-refractivity contribution in [3.63, 3.8) is 0 Å². The molecule has 1 N–H and O–H groups in total. The molecule has 82 valence electrons. The quantitative estimate of drug-likeness (QED) is 0.552. The van der Waals surface area contributed by atoms with E-state index in [0.717, 1.165) is 12.8 Å². The fraction of sp³-hybridized carbons (Fsp3) is 0.700. The summed E-state index contributed by atoms with van der Waals surface area (Å²) in [6.07, 6.45) is 1.76. The molecule has 0 rings (SSSR count). The number of ether oxygens (including phenoxy) is 1. The maximum atomic E-state index is 11.1. The highest BCUT2D eigenvalue weighted by Crippen LogP contribution is 2.03. The Balaban J connectivity index is 3.59. The molecule has 0 aliphatic rings. The van der Waals surface area contributed by atoms with Crippen molar-refractivity contribution in [2.45, 2.75) is 39.2 Å². The number of esters is 1. The highest BCUT2D eigenvalue weighted by atomic mass is 35.5. The summed E-state index contributed by atoms with van der Waals surface area (Å²) in [6, 6.07) is 0. The maximum absolute atomic E-state index is 11.1. The maximum Gasteiger partial charge on any atom is 0.334 e. The zero-order valence-electron chi connectivity index (χ0n) is 8.62. The first kappa shape index (κ1) is 13.5. The van der Waals surface area contributed by atoms with Gasteiger partial charge in [0.2, 0.25) is 0 Å². The van der Waals surface area contributed by atoms with Crippen molar-refractivity contribution in [2.24, 2.45) is 0 Å². The first-order valence-corrected chi connectivity index (χ1v) is 5.17. The van der Waals surface area contributed by atoms with Crippen molar-refractivity contribution in [1.29, 1.82) is 0 Å². The van der Waals surface area contributed by atoms with Gasteiger partial charge in [0.25, 0.3) is 0 Å². The fourth-order valence-corrected chi connectivity index (χ4v) is 1.01. The number of aliphatic hydroxyl groups is 1. The van der Waals surface area contributed by atoms with Crippen molar-refractivity contribution in [2.75, 3.05) is 6.61 Å². The molecule has 0 aliphatic carbocycles. The van der Waals surface area contributed by atoms with Gasteiger partial charge in [-0.2, -0.15) is 0 Å². The second-order valence-electron chi connectivity index (χ2n) is 3.16. The normalized spacial score (nSPS) is 13.9. The molecule has 0 aromatic rings. The molecule has 0 aromatic carbocycles. The van der Waals surface area contributed by atoms with Crippen LogP contribution in [0.5, 0.6) is 0 Å². The molecule has 0 saturated carbocycles. The van der Waals surface area contributed by atoms with Gasteiger partial charge in [-0.15, -0.1) is 0 Å². The van der Waals surface area contributed by atoms with Gasteiger partial charge in [-0.25, -0.2) is 4.79 Å². The van der Waals surface area contributed by atoms with E-state index in [1.165, 1.54) is 5.54 Å². The Morgan fingerprint density at radius 3 is 2.71 bits per heavy atom. The molecule has 0 amide bonds. The Bertz CT molecular complexity index is 202. The van der Waals surface area contributed by atoms with Gasteiger partial charge in [-0.05, 0) is 13.3 Å². The van der Waals surface area contributed by atoms with Crippen molar-refractivity contribution in [3.05, 3.63) is 11.1 Å². The Morgan fingerprint density at radius 2 is 2.21 bits per heavy atom. The minimum absolute atomic E-state index is 0.238. The largest absolute Gasteiger partial charge is 0.462 e. The van der Waals surface area contributed by atoms with Crippen molar-refractivity contribution in [1.82, 2.24) is 0 Å². The zero-order valence-corrected chi connectivity index (χ0v) is 9.38. The molecule has 0 radical (unpaired) electrons. The molecular formula is C10H17ClO3. The number of halogens is 1. The number of hydrogen-bond acceptors (Lipinski definition) is 3. The molecular weight excluding hydrogens is 204 g/mol. The lowest BCUT2D eigenvalue weighted by Gasteiger charge is -2.09. The summed E-state index contributed by atoms with van der Waals surface area (Å²) in [4.78, 5) is 11.1. The molecule has 0 aliphatic heterocycles. The van der Waals surface area contributed by atoms with Crippen LogP contribution in [0, 0.1) is 0 Å². The number of carbonyl (C=O) groups excluding carboxylic acids is 1. The van der Waals surface area contributed by atoms with Crippen LogP contribution in [0.1, 0.15) is 33.1 Å². The lowest BCUT2D eigenvalue weighted by molar-refractivity contribution is -0.139. The van der Waals surface area contributed by atoms with E-state index in [4.69, 9.17) is 16.3 Å². The van der Waals surface area contributed by atoms with E-state index >= 15 is 0 Å². The van der Waals surface area contributed by atoms with Crippen LogP contribution in [-0.4, -0.2) is 23.8 Å². The molecule has 1 atom stereocenters. The molecule has 0 bridgehead atoms. The molecule has 0 saturated heterocycles. The predicted molar refractivity (Wildman–Crippen MR) is 56.1 cm³/mol. The van der Waals surface area contributed by atoms with Gasteiger partial charge in [-0.1, -0.05) is 24.9 Å². The zero-order chi connectivity index (χ0) is 11.0. The van der Waals surface area contributed by atoms with E-state index in [1.54, 1.807) is 6.92 Å². The third-order valence-corrected chi connectivity index (χ3v) is 2.12. The highest BCUT2D eigenvalue weighted by molar-refractivity contribution is 6.27. The molecule has 14 heavy (non-hydrogen) atoms. The number of hydrogen-bond donors (Lipinski definition) is 1. The lowest BCUT2D eigenvalue weighted by atomic mass is 10.1. The smallest absolute Gasteiger partial charge is 0.334 e. The van der Waals surface area contributed by atoms with Gasteiger partial charge < -0.3 is 9.84 Å². The average Bonchev–Trinajstić information content (AvgIpc) is 2.16. The van der Waals surface area contributed by atoms with Gasteiger partial charge in [0.15, 0.2) is 0 Å². The molecule has 3 nitrogen and oxygen atoms in total. The fourth-order valence-electron chi connectivity index (χ4n) is 0.924. The SMILES string of the molecule is CCCC(O)CCOC(=O)C(C)=CCl. The van der Waals surface area contributed by atoms with Crippen LogP contribution in [-0.2, 0) is 9.53 Å². The summed E-state index contributed by atoms with van der Waals surface area (Å²) in [6.45, 7) is 3.81. The molecule has 0 spiro atoms. The minimum Gasteiger partial charge on any atom is -0.462 e. The van der Waals surface area contributed by atoms with Gasteiger partial charge in [0.05, 0.1) is 12.7 Å². The monoisotopic (exact) mass is 220 g/mol. The third-order valence-electron chi connectivity index (χ3n) is 1.79. The average molecular weight is 221 g/mol. The van der Waals surface area contributed by atoms with E-state index < -0.39 is 5.97 Å². The van der Waals surface area contributed by atoms with Crippen molar-refractivity contribution in [3.8, 4) is 0 Å². The third kappa shape index (κ3) is 6.00. The van der Waals surface area contributed by atoms with E-state index in [-0.39, 0.29) is 12.7 Å². The Morgan fingerprint density at radius 1 is 1.57 bits per heavy atom. The van der Waals surface area contributed by atoms with Crippen LogP contribution in [0.15, 0.2) is 11.1 Å². The van der Waals surface area contributed by atoms with Crippen LogP contribution in [0.4, 0.5) is 0 Å². The summed E-state index contributed by atoms with van der Waals surface area (Å²) >= 11 is 5.33.